The zero-order chi connectivity index (χ0) is 30.5. The molecule has 0 spiro atoms. The molecule has 1 unspecified atom stereocenters. The number of halogens is 1. The van der Waals surface area contributed by atoms with E-state index in [2.05, 4.69) is 21.2 Å². The molecule has 41 heavy (non-hydrogen) atoms. The van der Waals surface area contributed by atoms with Gasteiger partial charge in [-0.15, -0.1) is 11.3 Å². The van der Waals surface area contributed by atoms with Crippen molar-refractivity contribution in [2.24, 2.45) is 5.92 Å². The van der Waals surface area contributed by atoms with E-state index in [-0.39, 0.29) is 29.0 Å². The number of rotatable bonds is 7. The maximum Gasteiger partial charge on any atom is 0.410 e. The summed E-state index contributed by atoms with van der Waals surface area (Å²) in [7, 11) is 1.26. The second-order valence-corrected chi connectivity index (χ2v) is 13.4. The Kier molecular flexibility index (Phi) is 10.5. The molecule has 3 rings (SSSR count). The van der Waals surface area contributed by atoms with Gasteiger partial charge in [0, 0.05) is 18.8 Å². The molecule has 1 aliphatic heterocycles. The van der Waals surface area contributed by atoms with Crippen LogP contribution in [0, 0.1) is 5.92 Å². The van der Waals surface area contributed by atoms with Crippen LogP contribution in [-0.4, -0.2) is 66.8 Å². The summed E-state index contributed by atoms with van der Waals surface area (Å²) >= 11 is 4.65. The number of amides is 2. The summed E-state index contributed by atoms with van der Waals surface area (Å²) in [6.45, 7) is 11.1. The van der Waals surface area contributed by atoms with Gasteiger partial charge in [-0.05, 0) is 88.0 Å². The van der Waals surface area contributed by atoms with Gasteiger partial charge in [-0.2, -0.15) is 0 Å². The van der Waals surface area contributed by atoms with Crippen molar-refractivity contribution in [3.05, 3.63) is 33.6 Å². The lowest BCUT2D eigenvalue weighted by Crippen LogP contribution is -2.45. The first-order valence-corrected chi connectivity index (χ1v) is 14.8. The number of hydrogen-bond acceptors (Lipinski definition) is 9. The lowest BCUT2D eigenvalue weighted by Gasteiger charge is -2.33. The fourth-order valence-electron chi connectivity index (χ4n) is 4.11. The molecule has 1 aliphatic rings. The second-order valence-electron chi connectivity index (χ2n) is 11.6. The first-order chi connectivity index (χ1) is 19.1. The molecule has 2 aromatic rings. The van der Waals surface area contributed by atoms with Gasteiger partial charge in [0.1, 0.15) is 11.2 Å². The minimum atomic E-state index is -0.681. The SMILES string of the molecule is COC(=O)c1sc(-c2cccc(NC(=O)C3CCCN(C(=O)OC(C)(C)C)C3)c2)c(Br)c1OCC(=O)OC(C)(C)C. The van der Waals surface area contributed by atoms with Crippen LogP contribution in [0.25, 0.3) is 10.4 Å². The van der Waals surface area contributed by atoms with E-state index in [9.17, 15) is 19.2 Å². The monoisotopic (exact) mass is 652 g/mol. The summed E-state index contributed by atoms with van der Waals surface area (Å²) in [5.74, 6) is -1.60. The second kappa shape index (κ2) is 13.2. The van der Waals surface area contributed by atoms with Gasteiger partial charge in [0.2, 0.25) is 5.91 Å². The fraction of sp³-hybridized carbons (Fsp3) is 0.517. The van der Waals surface area contributed by atoms with Crippen molar-refractivity contribution in [2.75, 3.05) is 32.1 Å². The van der Waals surface area contributed by atoms with E-state index >= 15 is 0 Å². The first-order valence-electron chi connectivity index (χ1n) is 13.2. The van der Waals surface area contributed by atoms with Gasteiger partial charge in [-0.1, -0.05) is 12.1 Å². The molecule has 0 radical (unpaired) electrons. The molecule has 1 fully saturated rings. The average molecular weight is 654 g/mol. The highest BCUT2D eigenvalue weighted by molar-refractivity contribution is 9.10. The van der Waals surface area contributed by atoms with Gasteiger partial charge in [0.25, 0.3) is 0 Å². The molecule has 1 aromatic carbocycles. The number of anilines is 1. The molecule has 0 bridgehead atoms. The minimum absolute atomic E-state index is 0.168. The van der Waals surface area contributed by atoms with Crippen molar-refractivity contribution in [3.8, 4) is 16.2 Å². The van der Waals surface area contributed by atoms with Crippen LogP contribution in [0.2, 0.25) is 0 Å². The predicted octanol–water partition coefficient (Wildman–Crippen LogP) is 6.27. The number of benzene rings is 1. The molecular weight excluding hydrogens is 616 g/mol. The Bertz CT molecular complexity index is 1290. The summed E-state index contributed by atoms with van der Waals surface area (Å²) in [6, 6.07) is 7.15. The number of nitrogens with zero attached hydrogens (tertiary/aromatic N) is 1. The van der Waals surface area contributed by atoms with Crippen molar-refractivity contribution in [2.45, 2.75) is 65.6 Å². The number of piperidine rings is 1. The zero-order valence-corrected chi connectivity index (χ0v) is 26.8. The number of ether oxygens (including phenoxy) is 4. The zero-order valence-electron chi connectivity index (χ0n) is 24.4. The molecule has 1 N–H and O–H groups in total. The Morgan fingerprint density at radius 2 is 1.76 bits per heavy atom. The van der Waals surface area contributed by atoms with E-state index in [1.165, 1.54) is 7.11 Å². The van der Waals surface area contributed by atoms with Gasteiger partial charge in [0.15, 0.2) is 17.2 Å². The lowest BCUT2D eigenvalue weighted by molar-refractivity contribution is -0.157. The third-order valence-corrected chi connectivity index (χ3v) is 7.99. The normalized spacial score (nSPS) is 15.6. The van der Waals surface area contributed by atoms with Crippen molar-refractivity contribution in [1.82, 2.24) is 4.90 Å². The van der Waals surface area contributed by atoms with E-state index in [1.54, 1.807) is 43.9 Å². The van der Waals surface area contributed by atoms with Crippen LogP contribution in [0.1, 0.15) is 64.1 Å². The lowest BCUT2D eigenvalue weighted by atomic mass is 9.97. The third-order valence-electron chi connectivity index (χ3n) is 5.77. The Morgan fingerprint density at radius 3 is 2.39 bits per heavy atom. The van der Waals surface area contributed by atoms with Crippen molar-refractivity contribution in [1.29, 1.82) is 0 Å². The number of hydrogen-bond donors (Lipinski definition) is 1. The molecule has 2 heterocycles. The maximum absolute atomic E-state index is 13.1. The summed E-state index contributed by atoms with van der Waals surface area (Å²) in [5, 5.41) is 2.95. The Labute approximate surface area is 252 Å². The first kappa shape index (κ1) is 32.4. The molecule has 1 atom stereocenters. The van der Waals surface area contributed by atoms with Crippen LogP contribution >= 0.6 is 27.3 Å². The molecule has 1 aromatic heterocycles. The van der Waals surface area contributed by atoms with Crippen molar-refractivity contribution >= 4 is 56.9 Å². The fourth-order valence-corrected chi connectivity index (χ4v) is 6.07. The molecule has 0 aliphatic carbocycles. The quantitative estimate of drug-likeness (QED) is 0.274. The van der Waals surface area contributed by atoms with Crippen LogP contribution in [0.5, 0.6) is 5.75 Å². The van der Waals surface area contributed by atoms with Crippen molar-refractivity contribution < 1.29 is 38.1 Å². The van der Waals surface area contributed by atoms with Crippen LogP contribution in [0.15, 0.2) is 28.7 Å². The predicted molar refractivity (Wildman–Crippen MR) is 159 cm³/mol. The summed E-state index contributed by atoms with van der Waals surface area (Å²) < 4.78 is 21.9. The van der Waals surface area contributed by atoms with Gasteiger partial charge in [-0.3, -0.25) is 4.79 Å². The highest BCUT2D eigenvalue weighted by Gasteiger charge is 2.31. The van der Waals surface area contributed by atoms with E-state index in [0.29, 0.717) is 40.0 Å². The van der Waals surface area contributed by atoms with Gasteiger partial charge in [0.05, 0.1) is 22.4 Å². The largest absolute Gasteiger partial charge is 0.479 e. The molecule has 0 saturated carbocycles. The summed E-state index contributed by atoms with van der Waals surface area (Å²) in [5.41, 5.74) is -0.0370. The molecule has 224 valence electrons. The van der Waals surface area contributed by atoms with E-state index < -0.39 is 35.8 Å². The number of carbonyl (C=O) groups is 4. The van der Waals surface area contributed by atoms with Crippen LogP contribution in [0.4, 0.5) is 10.5 Å². The standard InChI is InChI=1S/C29H37BrN2O8S/c1-28(2,3)39-20(33)16-38-22-21(30)23(41-24(22)26(35)37-7)17-10-8-12-19(14-17)31-25(34)18-11-9-13-32(15-18)27(36)40-29(4,5)6/h8,10,12,14,18H,9,11,13,15-16H2,1-7H3,(H,31,34). The molecule has 12 heteroatoms. The van der Waals surface area contributed by atoms with Gasteiger partial charge in [-0.25, -0.2) is 14.4 Å². The van der Waals surface area contributed by atoms with E-state index in [0.717, 1.165) is 11.3 Å². The van der Waals surface area contributed by atoms with Crippen LogP contribution in [-0.2, 0) is 23.8 Å². The number of esters is 2. The molecule has 1 saturated heterocycles. The van der Waals surface area contributed by atoms with Crippen molar-refractivity contribution in [3.63, 3.8) is 0 Å². The Balaban J connectivity index is 1.77. The summed E-state index contributed by atoms with van der Waals surface area (Å²) in [4.78, 5) is 52.8. The topological polar surface area (TPSA) is 120 Å². The van der Waals surface area contributed by atoms with E-state index in [1.807, 2.05) is 26.8 Å². The highest BCUT2D eigenvalue weighted by atomic mass is 79.9. The number of nitrogens with one attached hydrogen (secondary N) is 1. The van der Waals surface area contributed by atoms with Crippen LogP contribution < -0.4 is 10.1 Å². The van der Waals surface area contributed by atoms with E-state index in [4.69, 9.17) is 18.9 Å². The molecular formula is C29H37BrN2O8S. The van der Waals surface area contributed by atoms with Gasteiger partial charge < -0.3 is 29.2 Å². The highest BCUT2D eigenvalue weighted by Crippen LogP contribution is 2.46. The van der Waals surface area contributed by atoms with Crippen LogP contribution in [0.3, 0.4) is 0 Å². The Hall–Kier alpha value is -3.12. The number of thiophene rings is 1. The smallest absolute Gasteiger partial charge is 0.410 e. The third kappa shape index (κ3) is 9.19. The molecule has 2 amide bonds. The Morgan fingerprint density at radius 1 is 1.07 bits per heavy atom. The maximum atomic E-state index is 13.1. The number of likely N-dealkylation sites (tertiary alicyclic amines) is 1. The summed E-state index contributed by atoms with van der Waals surface area (Å²) in [6.07, 6.45) is 0.926. The molecule has 10 nitrogen and oxygen atoms in total. The minimum Gasteiger partial charge on any atom is -0.479 e. The number of carbonyl (C=O) groups excluding carboxylic acids is 4. The van der Waals surface area contributed by atoms with Gasteiger partial charge >= 0.3 is 18.0 Å². The number of methoxy groups -OCH3 is 1. The average Bonchev–Trinajstić information content (AvgIpc) is 3.21.